The van der Waals surface area contributed by atoms with Gasteiger partial charge in [0.2, 0.25) is 8.32 Å². The van der Waals surface area contributed by atoms with Gasteiger partial charge in [0, 0.05) is 12.0 Å². The molecule has 0 atom stereocenters. The van der Waals surface area contributed by atoms with E-state index in [2.05, 4.69) is 33.9 Å². The molecule has 2 aromatic carbocycles. The Kier molecular flexibility index (Phi) is 4.98. The van der Waals surface area contributed by atoms with Gasteiger partial charge in [0.15, 0.2) is 5.78 Å². The number of fused-ring (bicyclic) bond motifs is 1. The third kappa shape index (κ3) is 4.01. The lowest BCUT2D eigenvalue weighted by Crippen LogP contribution is -2.43. The van der Waals surface area contributed by atoms with Crippen LogP contribution in [-0.4, -0.2) is 14.1 Å². The second kappa shape index (κ2) is 6.91. The number of hydrogen-bond donors (Lipinski definition) is 0. The quantitative estimate of drug-likeness (QED) is 0.587. The summed E-state index contributed by atoms with van der Waals surface area (Å²) < 4.78 is 12.3. The first-order chi connectivity index (χ1) is 12.2. The molecule has 0 saturated carbocycles. The number of hydrogen-bond acceptors (Lipinski definition) is 3. The molecule has 4 heteroatoms. The number of rotatable bonds is 4. The van der Waals surface area contributed by atoms with Crippen LogP contribution in [0.1, 0.15) is 49.5 Å². The van der Waals surface area contributed by atoms with Gasteiger partial charge in [-0.25, -0.2) is 0 Å². The Hall–Kier alpha value is -2.07. The number of benzene rings is 2. The predicted octanol–water partition coefficient (Wildman–Crippen LogP) is 6.38. The highest BCUT2D eigenvalue weighted by Gasteiger charge is 2.38. The standard InChI is InChI=1S/C22H28O3Si/c1-22(2,3)26(4,5)25-18-11-9-17(10-12-18)24-19-13-14-20-16(15-19)7-6-8-21(20)23/h9-15H,6-8H2,1-5H3. The van der Waals surface area contributed by atoms with E-state index < -0.39 is 8.32 Å². The molecule has 1 aliphatic rings. The predicted molar refractivity (Wildman–Crippen MR) is 108 cm³/mol. The molecule has 0 heterocycles. The van der Waals surface area contributed by atoms with E-state index >= 15 is 0 Å². The lowest BCUT2D eigenvalue weighted by atomic mass is 9.90. The van der Waals surface area contributed by atoms with Gasteiger partial charge in [-0.2, -0.15) is 0 Å². The molecule has 0 unspecified atom stereocenters. The number of Topliss-reactive ketones (excluding diaryl/α,β-unsaturated/α-hetero) is 1. The van der Waals surface area contributed by atoms with Crippen molar-refractivity contribution in [3.63, 3.8) is 0 Å². The van der Waals surface area contributed by atoms with Crippen LogP contribution in [0.4, 0.5) is 0 Å². The van der Waals surface area contributed by atoms with E-state index in [1.165, 1.54) is 0 Å². The van der Waals surface area contributed by atoms with E-state index in [-0.39, 0.29) is 10.8 Å². The van der Waals surface area contributed by atoms with Gasteiger partial charge in [0.05, 0.1) is 0 Å². The van der Waals surface area contributed by atoms with Crippen LogP contribution in [0.3, 0.4) is 0 Å². The lowest BCUT2D eigenvalue weighted by molar-refractivity contribution is 0.0972. The minimum atomic E-state index is -1.83. The Bertz CT molecular complexity index is 801. The molecular weight excluding hydrogens is 340 g/mol. The smallest absolute Gasteiger partial charge is 0.250 e. The fourth-order valence-electron chi connectivity index (χ4n) is 2.85. The summed E-state index contributed by atoms with van der Waals surface area (Å²) in [6, 6.07) is 13.6. The van der Waals surface area contributed by atoms with Crippen LogP contribution in [0.25, 0.3) is 0 Å². The first kappa shape index (κ1) is 18.7. The molecule has 0 fully saturated rings. The van der Waals surface area contributed by atoms with E-state index in [4.69, 9.17) is 9.16 Å². The topological polar surface area (TPSA) is 35.5 Å². The van der Waals surface area contributed by atoms with Crippen LogP contribution >= 0.6 is 0 Å². The minimum Gasteiger partial charge on any atom is -0.543 e. The van der Waals surface area contributed by atoms with Crippen molar-refractivity contribution in [1.82, 2.24) is 0 Å². The van der Waals surface area contributed by atoms with Crippen LogP contribution in [0.15, 0.2) is 42.5 Å². The normalized spacial score (nSPS) is 14.7. The van der Waals surface area contributed by atoms with Gasteiger partial charge >= 0.3 is 0 Å². The van der Waals surface area contributed by atoms with Crippen molar-refractivity contribution < 1.29 is 14.0 Å². The number of carbonyl (C=O) groups excluding carboxylic acids is 1. The lowest BCUT2D eigenvalue weighted by Gasteiger charge is -2.36. The Morgan fingerprint density at radius 2 is 1.50 bits per heavy atom. The van der Waals surface area contributed by atoms with Gasteiger partial charge < -0.3 is 9.16 Å². The largest absolute Gasteiger partial charge is 0.543 e. The number of ether oxygens (including phenoxy) is 1. The molecule has 0 spiro atoms. The molecular formula is C22H28O3Si. The van der Waals surface area contributed by atoms with Crippen molar-refractivity contribution in [2.75, 3.05) is 0 Å². The molecule has 0 amide bonds. The average molecular weight is 369 g/mol. The molecule has 3 nitrogen and oxygen atoms in total. The summed E-state index contributed by atoms with van der Waals surface area (Å²) in [6.07, 6.45) is 2.52. The highest BCUT2D eigenvalue weighted by Crippen LogP contribution is 2.38. The summed E-state index contributed by atoms with van der Waals surface area (Å²) in [7, 11) is -1.83. The van der Waals surface area contributed by atoms with Gasteiger partial charge in [-0.15, -0.1) is 0 Å². The first-order valence-corrected chi connectivity index (χ1v) is 12.2. The maximum absolute atomic E-state index is 11.9. The van der Waals surface area contributed by atoms with Gasteiger partial charge in [-0.1, -0.05) is 20.8 Å². The fourth-order valence-corrected chi connectivity index (χ4v) is 3.88. The molecule has 0 aliphatic heterocycles. The van der Waals surface area contributed by atoms with E-state index in [1.807, 2.05) is 42.5 Å². The molecule has 0 saturated heterocycles. The van der Waals surface area contributed by atoms with E-state index in [0.717, 1.165) is 41.2 Å². The number of aryl methyl sites for hydroxylation is 1. The second-order valence-corrected chi connectivity index (χ2v) is 13.3. The van der Waals surface area contributed by atoms with Crippen molar-refractivity contribution in [2.45, 2.75) is 58.2 Å². The zero-order valence-electron chi connectivity index (χ0n) is 16.4. The highest BCUT2D eigenvalue weighted by atomic mass is 28.4. The minimum absolute atomic E-state index is 0.169. The third-order valence-electron chi connectivity index (χ3n) is 5.47. The number of ketones is 1. The molecule has 138 valence electrons. The second-order valence-electron chi connectivity index (χ2n) is 8.53. The molecule has 0 bridgehead atoms. The summed E-state index contributed by atoms with van der Waals surface area (Å²) in [5.74, 6) is 2.68. The molecule has 26 heavy (non-hydrogen) atoms. The van der Waals surface area contributed by atoms with Crippen LogP contribution in [0, 0.1) is 0 Å². The summed E-state index contributed by atoms with van der Waals surface area (Å²) in [5, 5.41) is 0.169. The third-order valence-corrected chi connectivity index (χ3v) is 9.82. The monoisotopic (exact) mass is 368 g/mol. The van der Waals surface area contributed by atoms with Crippen LogP contribution in [-0.2, 0) is 6.42 Å². The highest BCUT2D eigenvalue weighted by molar-refractivity contribution is 6.74. The number of carbonyl (C=O) groups is 1. The maximum atomic E-state index is 11.9. The van der Waals surface area contributed by atoms with E-state index in [9.17, 15) is 4.79 Å². The van der Waals surface area contributed by atoms with Crippen LogP contribution in [0.5, 0.6) is 17.2 Å². The van der Waals surface area contributed by atoms with Crippen molar-refractivity contribution >= 4 is 14.1 Å². The van der Waals surface area contributed by atoms with Crippen molar-refractivity contribution in [3.05, 3.63) is 53.6 Å². The summed E-state index contributed by atoms with van der Waals surface area (Å²) in [4.78, 5) is 11.9. The Morgan fingerprint density at radius 3 is 2.15 bits per heavy atom. The van der Waals surface area contributed by atoms with Crippen molar-refractivity contribution in [1.29, 1.82) is 0 Å². The summed E-state index contributed by atoms with van der Waals surface area (Å²) >= 11 is 0. The molecule has 2 aromatic rings. The molecule has 0 aromatic heterocycles. The molecule has 3 rings (SSSR count). The zero-order chi connectivity index (χ0) is 18.9. The van der Waals surface area contributed by atoms with Gasteiger partial charge in [0.1, 0.15) is 17.2 Å². The Balaban J connectivity index is 1.71. The molecule has 0 N–H and O–H groups in total. The zero-order valence-corrected chi connectivity index (χ0v) is 17.4. The van der Waals surface area contributed by atoms with E-state index in [0.29, 0.717) is 6.42 Å². The Morgan fingerprint density at radius 1 is 0.885 bits per heavy atom. The first-order valence-electron chi connectivity index (χ1n) is 9.29. The summed E-state index contributed by atoms with van der Waals surface area (Å²) in [6.45, 7) is 11.2. The molecule has 0 radical (unpaired) electrons. The molecule has 1 aliphatic carbocycles. The Labute approximate surface area is 157 Å². The van der Waals surface area contributed by atoms with Gasteiger partial charge in [-0.05, 0) is 79.0 Å². The summed E-state index contributed by atoms with van der Waals surface area (Å²) in [5.41, 5.74) is 1.94. The van der Waals surface area contributed by atoms with Crippen LogP contribution < -0.4 is 9.16 Å². The fraction of sp³-hybridized carbons (Fsp3) is 0.409. The van der Waals surface area contributed by atoms with Gasteiger partial charge in [-0.3, -0.25) is 4.79 Å². The van der Waals surface area contributed by atoms with Crippen LogP contribution in [0.2, 0.25) is 18.1 Å². The van der Waals surface area contributed by atoms with Gasteiger partial charge in [0.25, 0.3) is 0 Å². The maximum Gasteiger partial charge on any atom is 0.250 e. The van der Waals surface area contributed by atoms with Crippen molar-refractivity contribution in [2.24, 2.45) is 0 Å². The van der Waals surface area contributed by atoms with E-state index in [1.54, 1.807) is 0 Å². The van der Waals surface area contributed by atoms with Crippen molar-refractivity contribution in [3.8, 4) is 17.2 Å². The SMILES string of the molecule is CC(C)(C)[Si](C)(C)Oc1ccc(Oc2ccc3c(c2)CCCC3=O)cc1. The average Bonchev–Trinajstić information content (AvgIpc) is 2.55.